The van der Waals surface area contributed by atoms with E-state index in [9.17, 15) is 0 Å². The Morgan fingerprint density at radius 3 is 2.65 bits per heavy atom. The Bertz CT molecular complexity index is 747. The first-order chi connectivity index (χ1) is 12.2. The van der Waals surface area contributed by atoms with Gasteiger partial charge < -0.3 is 10.2 Å². The smallest absolute Gasteiger partial charge is 0.193 e. The second kappa shape index (κ2) is 7.98. The van der Waals surface area contributed by atoms with Crippen molar-refractivity contribution in [2.75, 3.05) is 20.6 Å². The van der Waals surface area contributed by atoms with E-state index < -0.39 is 0 Å². The average Bonchev–Trinajstić information content (AvgIpc) is 3.55. The predicted octanol–water partition coefficient (Wildman–Crippen LogP) is 3.69. The molecule has 0 amide bonds. The number of rotatable bonds is 6. The number of nitrogens with zero attached hydrogens (tertiary/aromatic N) is 4. The molecule has 4 rings (SSSR count). The number of aliphatic imine (C=N–C) groups is 1. The van der Waals surface area contributed by atoms with Crippen molar-refractivity contribution in [3.05, 3.63) is 48.3 Å². The van der Waals surface area contributed by atoms with Crippen LogP contribution in [-0.4, -0.2) is 41.3 Å². The molecule has 0 aliphatic heterocycles. The third-order valence-electron chi connectivity index (χ3n) is 5.58. The minimum Gasteiger partial charge on any atom is -0.356 e. The predicted molar refractivity (Wildman–Crippen MR) is 116 cm³/mol. The summed E-state index contributed by atoms with van der Waals surface area (Å²) >= 11 is 0. The molecule has 2 aliphatic carbocycles. The van der Waals surface area contributed by atoms with E-state index in [1.807, 2.05) is 36.1 Å². The largest absolute Gasteiger partial charge is 0.356 e. The Balaban J connectivity index is 0.00000196. The zero-order chi connectivity index (χ0) is 17.3. The Morgan fingerprint density at radius 1 is 1.31 bits per heavy atom. The normalized spacial score (nSPS) is 18.2. The van der Waals surface area contributed by atoms with Gasteiger partial charge in [-0.3, -0.25) is 4.99 Å². The van der Waals surface area contributed by atoms with Crippen molar-refractivity contribution in [1.29, 1.82) is 0 Å². The molecule has 6 heteroatoms. The standard InChI is InChI=1S/C20H27N5.HI/c1-21-19(22-15-20(10-11-20)17-8-9-17)24(2)13-16-12-23-25(14-16)18-6-4-3-5-7-18;/h3-7,12,14,17H,8-11,13,15H2,1-2H3,(H,21,22);1H. The summed E-state index contributed by atoms with van der Waals surface area (Å²) in [6, 6.07) is 10.2. The summed E-state index contributed by atoms with van der Waals surface area (Å²) in [5, 5.41) is 8.08. The van der Waals surface area contributed by atoms with Crippen LogP contribution in [0, 0.1) is 11.3 Å². The van der Waals surface area contributed by atoms with Crippen LogP contribution in [0.5, 0.6) is 0 Å². The van der Waals surface area contributed by atoms with Gasteiger partial charge in [0, 0.05) is 38.9 Å². The van der Waals surface area contributed by atoms with Crippen molar-refractivity contribution in [3.8, 4) is 5.69 Å². The molecule has 1 N–H and O–H groups in total. The summed E-state index contributed by atoms with van der Waals surface area (Å²) in [6.07, 6.45) is 9.64. The second-order valence-corrected chi connectivity index (χ2v) is 7.52. The van der Waals surface area contributed by atoms with E-state index in [1.54, 1.807) is 0 Å². The van der Waals surface area contributed by atoms with Gasteiger partial charge in [-0.2, -0.15) is 5.10 Å². The van der Waals surface area contributed by atoms with Gasteiger partial charge in [0.15, 0.2) is 5.96 Å². The van der Waals surface area contributed by atoms with Crippen LogP contribution in [0.3, 0.4) is 0 Å². The topological polar surface area (TPSA) is 45.5 Å². The van der Waals surface area contributed by atoms with Gasteiger partial charge in [0.2, 0.25) is 0 Å². The Labute approximate surface area is 172 Å². The third-order valence-corrected chi connectivity index (χ3v) is 5.58. The molecule has 2 aliphatic rings. The molecule has 0 spiro atoms. The van der Waals surface area contributed by atoms with Crippen molar-refractivity contribution < 1.29 is 0 Å². The van der Waals surface area contributed by atoms with Crippen molar-refractivity contribution in [2.45, 2.75) is 32.2 Å². The lowest BCUT2D eigenvalue weighted by Gasteiger charge is -2.24. The fourth-order valence-corrected chi connectivity index (χ4v) is 3.74. The first-order valence-electron chi connectivity index (χ1n) is 9.21. The molecule has 0 bridgehead atoms. The molecule has 1 aromatic carbocycles. The molecule has 0 radical (unpaired) electrons. The number of aromatic nitrogens is 2. The van der Waals surface area contributed by atoms with Crippen LogP contribution >= 0.6 is 24.0 Å². The molecular weight excluding hydrogens is 437 g/mol. The number of guanidine groups is 1. The molecule has 1 heterocycles. The summed E-state index contributed by atoms with van der Waals surface area (Å²) in [5.74, 6) is 1.94. The molecule has 2 saturated carbocycles. The Kier molecular flexibility index (Phi) is 5.89. The molecule has 0 atom stereocenters. The summed E-state index contributed by atoms with van der Waals surface area (Å²) in [5.41, 5.74) is 2.84. The van der Waals surface area contributed by atoms with Crippen LogP contribution in [0.15, 0.2) is 47.7 Å². The quantitative estimate of drug-likeness (QED) is 0.402. The van der Waals surface area contributed by atoms with E-state index in [4.69, 9.17) is 0 Å². The molecule has 5 nitrogen and oxygen atoms in total. The van der Waals surface area contributed by atoms with Gasteiger partial charge in [0.05, 0.1) is 11.9 Å². The number of para-hydroxylation sites is 1. The first-order valence-corrected chi connectivity index (χ1v) is 9.21. The number of halogens is 1. The Hall–Kier alpha value is -1.57. The van der Waals surface area contributed by atoms with E-state index >= 15 is 0 Å². The lowest BCUT2D eigenvalue weighted by molar-refractivity contribution is 0.409. The maximum Gasteiger partial charge on any atom is 0.193 e. The summed E-state index contributed by atoms with van der Waals surface area (Å²) in [6.45, 7) is 1.86. The van der Waals surface area contributed by atoms with E-state index in [2.05, 4.69) is 45.7 Å². The van der Waals surface area contributed by atoms with Crippen LogP contribution in [0.1, 0.15) is 31.2 Å². The van der Waals surface area contributed by atoms with Gasteiger partial charge in [-0.25, -0.2) is 4.68 Å². The summed E-state index contributed by atoms with van der Waals surface area (Å²) < 4.78 is 1.92. The van der Waals surface area contributed by atoms with Crippen LogP contribution in [0.25, 0.3) is 5.69 Å². The number of hydrogen-bond acceptors (Lipinski definition) is 2. The molecule has 2 fully saturated rings. The first kappa shape index (κ1) is 19.2. The highest BCUT2D eigenvalue weighted by Crippen LogP contribution is 2.60. The van der Waals surface area contributed by atoms with Crippen LogP contribution in [0.2, 0.25) is 0 Å². The van der Waals surface area contributed by atoms with Gasteiger partial charge in [-0.05, 0) is 49.1 Å². The Morgan fingerprint density at radius 2 is 2.04 bits per heavy atom. The molecular formula is C20H28IN5. The average molecular weight is 465 g/mol. The third kappa shape index (κ3) is 4.22. The van der Waals surface area contributed by atoms with Gasteiger partial charge in [0.1, 0.15) is 0 Å². The lowest BCUT2D eigenvalue weighted by Crippen LogP contribution is -2.41. The monoisotopic (exact) mass is 465 g/mol. The minimum absolute atomic E-state index is 0. The highest BCUT2D eigenvalue weighted by atomic mass is 127. The van der Waals surface area contributed by atoms with E-state index in [1.165, 1.54) is 31.2 Å². The van der Waals surface area contributed by atoms with Gasteiger partial charge in [-0.1, -0.05) is 18.2 Å². The molecule has 140 valence electrons. The molecule has 2 aromatic rings. The zero-order valence-electron chi connectivity index (χ0n) is 15.6. The highest BCUT2D eigenvalue weighted by Gasteiger charge is 2.53. The minimum atomic E-state index is 0. The zero-order valence-corrected chi connectivity index (χ0v) is 17.9. The fourth-order valence-electron chi connectivity index (χ4n) is 3.74. The number of hydrogen-bond donors (Lipinski definition) is 1. The van der Waals surface area contributed by atoms with Crippen molar-refractivity contribution in [2.24, 2.45) is 16.3 Å². The molecule has 26 heavy (non-hydrogen) atoms. The lowest BCUT2D eigenvalue weighted by atomic mass is 10.0. The van der Waals surface area contributed by atoms with E-state index in [-0.39, 0.29) is 24.0 Å². The summed E-state index contributed by atoms with van der Waals surface area (Å²) in [7, 11) is 3.95. The van der Waals surface area contributed by atoms with Crippen LogP contribution < -0.4 is 5.32 Å². The van der Waals surface area contributed by atoms with Crippen LogP contribution in [0.4, 0.5) is 0 Å². The van der Waals surface area contributed by atoms with Crippen molar-refractivity contribution >= 4 is 29.9 Å². The van der Waals surface area contributed by atoms with Crippen LogP contribution in [-0.2, 0) is 6.54 Å². The maximum absolute atomic E-state index is 4.48. The van der Waals surface area contributed by atoms with E-state index in [0.29, 0.717) is 5.41 Å². The van der Waals surface area contributed by atoms with Crippen molar-refractivity contribution in [3.63, 3.8) is 0 Å². The van der Waals surface area contributed by atoms with E-state index in [0.717, 1.165) is 30.7 Å². The number of nitrogens with one attached hydrogen (secondary N) is 1. The fraction of sp³-hybridized carbons (Fsp3) is 0.500. The number of benzene rings is 1. The SMILES string of the molecule is CN=C(NCC1(C2CC2)CC1)N(C)Cc1cnn(-c2ccccc2)c1.I. The van der Waals surface area contributed by atoms with Gasteiger partial charge in [0.25, 0.3) is 0 Å². The highest BCUT2D eigenvalue weighted by molar-refractivity contribution is 14.0. The summed E-state index contributed by atoms with van der Waals surface area (Å²) in [4.78, 5) is 6.64. The maximum atomic E-state index is 4.48. The molecule has 0 saturated heterocycles. The molecule has 1 aromatic heterocycles. The van der Waals surface area contributed by atoms with Gasteiger partial charge >= 0.3 is 0 Å². The van der Waals surface area contributed by atoms with Gasteiger partial charge in [-0.15, -0.1) is 24.0 Å². The van der Waals surface area contributed by atoms with Crippen molar-refractivity contribution in [1.82, 2.24) is 20.0 Å². The molecule has 0 unspecified atom stereocenters. The second-order valence-electron chi connectivity index (χ2n) is 7.52.